The number of hydrogen-bond acceptors (Lipinski definition) is 4. The second-order valence-corrected chi connectivity index (χ2v) is 5.77. The Hall–Kier alpha value is -2.08. The van der Waals surface area contributed by atoms with Gasteiger partial charge in [-0.15, -0.1) is 0 Å². The minimum atomic E-state index is -3.65. The van der Waals surface area contributed by atoms with Crippen LogP contribution in [0.4, 0.5) is 0 Å². The van der Waals surface area contributed by atoms with Crippen molar-refractivity contribution in [2.24, 2.45) is 5.10 Å². The lowest BCUT2D eigenvalue weighted by molar-refractivity contribution is 0.559. The van der Waals surface area contributed by atoms with Crippen LogP contribution in [-0.2, 0) is 10.0 Å². The van der Waals surface area contributed by atoms with E-state index in [2.05, 4.69) is 9.93 Å². The largest absolute Gasteiger partial charge is 0.463 e. The summed E-state index contributed by atoms with van der Waals surface area (Å²) in [4.78, 5) is 2.37. The Labute approximate surface area is 112 Å². The minimum Gasteiger partial charge on any atom is -0.463 e. The van der Waals surface area contributed by atoms with E-state index >= 15 is 0 Å². The summed E-state index contributed by atoms with van der Waals surface area (Å²) < 4.78 is 29.1. The average Bonchev–Trinajstić information content (AvgIpc) is 2.81. The number of nitrogens with zero attached hydrogens (tertiary/aromatic N) is 1. The van der Waals surface area contributed by atoms with E-state index in [0.717, 1.165) is 5.56 Å². The van der Waals surface area contributed by atoms with Gasteiger partial charge in [-0.25, -0.2) is 0 Å². The maximum Gasteiger partial charge on any atom is 0.276 e. The zero-order valence-electron chi connectivity index (χ0n) is 10.6. The molecule has 1 heterocycles. The summed E-state index contributed by atoms with van der Waals surface area (Å²) in [5.74, 6) is 0.475. The van der Waals surface area contributed by atoms with Crippen molar-refractivity contribution in [3.8, 4) is 0 Å². The molecule has 0 spiro atoms. The standard InChI is InChI=1S/C13H14N2O3S/c1-10-5-6-13(11(2)8-10)19(16,17)15-14-9-12-4-3-7-18-12/h3-9,15H,1-2H3/b14-9+. The Morgan fingerprint density at radius 3 is 2.68 bits per heavy atom. The molecular formula is C13H14N2O3S. The van der Waals surface area contributed by atoms with Crippen molar-refractivity contribution in [3.05, 3.63) is 53.5 Å². The SMILES string of the molecule is Cc1ccc(S(=O)(=O)N/N=C/c2ccco2)c(C)c1. The highest BCUT2D eigenvalue weighted by Crippen LogP contribution is 2.16. The Balaban J connectivity index is 2.18. The molecule has 1 N–H and O–H groups in total. The van der Waals surface area contributed by atoms with Gasteiger partial charge in [0, 0.05) is 0 Å². The Morgan fingerprint density at radius 1 is 1.26 bits per heavy atom. The van der Waals surface area contributed by atoms with Gasteiger partial charge in [-0.05, 0) is 37.6 Å². The topological polar surface area (TPSA) is 71.7 Å². The van der Waals surface area contributed by atoms with Gasteiger partial charge >= 0.3 is 0 Å². The molecular weight excluding hydrogens is 264 g/mol. The molecule has 0 aliphatic carbocycles. The van der Waals surface area contributed by atoms with Crippen LogP contribution in [0.15, 0.2) is 51.0 Å². The van der Waals surface area contributed by atoms with E-state index in [-0.39, 0.29) is 4.90 Å². The number of furan rings is 1. The third kappa shape index (κ3) is 3.23. The fraction of sp³-hybridized carbons (Fsp3) is 0.154. The van der Waals surface area contributed by atoms with Crippen molar-refractivity contribution in [2.75, 3.05) is 0 Å². The molecule has 2 aromatic rings. The molecule has 0 atom stereocenters. The molecule has 0 radical (unpaired) electrons. The molecule has 100 valence electrons. The highest BCUT2D eigenvalue weighted by molar-refractivity contribution is 7.89. The number of sulfonamides is 1. The van der Waals surface area contributed by atoms with Crippen molar-refractivity contribution >= 4 is 16.2 Å². The van der Waals surface area contributed by atoms with Crippen molar-refractivity contribution in [1.29, 1.82) is 0 Å². The molecule has 19 heavy (non-hydrogen) atoms. The summed E-state index contributed by atoms with van der Waals surface area (Å²) in [5, 5.41) is 3.67. The third-order valence-electron chi connectivity index (χ3n) is 2.53. The summed E-state index contributed by atoms with van der Waals surface area (Å²) in [6, 6.07) is 8.49. The molecule has 0 fully saturated rings. The lowest BCUT2D eigenvalue weighted by Crippen LogP contribution is -2.19. The molecule has 0 aliphatic heterocycles. The van der Waals surface area contributed by atoms with Crippen molar-refractivity contribution in [2.45, 2.75) is 18.7 Å². The van der Waals surface area contributed by atoms with Gasteiger partial charge in [0.25, 0.3) is 10.0 Å². The summed E-state index contributed by atoms with van der Waals surface area (Å²) in [6.07, 6.45) is 2.79. The highest BCUT2D eigenvalue weighted by atomic mass is 32.2. The number of aryl methyl sites for hydroxylation is 2. The zero-order valence-corrected chi connectivity index (χ0v) is 11.4. The first kappa shape index (κ1) is 13.4. The molecule has 0 amide bonds. The predicted molar refractivity (Wildman–Crippen MR) is 72.5 cm³/mol. The summed E-state index contributed by atoms with van der Waals surface area (Å²) in [5.41, 5.74) is 1.69. The summed E-state index contributed by atoms with van der Waals surface area (Å²) >= 11 is 0. The predicted octanol–water partition coefficient (Wildman–Crippen LogP) is 2.21. The van der Waals surface area contributed by atoms with Gasteiger partial charge < -0.3 is 4.42 Å². The van der Waals surface area contributed by atoms with E-state index in [1.165, 1.54) is 12.5 Å². The van der Waals surface area contributed by atoms with E-state index < -0.39 is 10.0 Å². The Kier molecular flexibility index (Phi) is 3.71. The van der Waals surface area contributed by atoms with Gasteiger partial charge in [-0.3, -0.25) is 0 Å². The van der Waals surface area contributed by atoms with E-state index in [9.17, 15) is 8.42 Å². The minimum absolute atomic E-state index is 0.217. The molecule has 0 aliphatic rings. The monoisotopic (exact) mass is 278 g/mol. The Bertz CT molecular complexity index is 689. The highest BCUT2D eigenvalue weighted by Gasteiger charge is 2.15. The van der Waals surface area contributed by atoms with Gasteiger partial charge in [0.15, 0.2) is 0 Å². The molecule has 1 aromatic heterocycles. The molecule has 6 heteroatoms. The van der Waals surface area contributed by atoms with Gasteiger partial charge in [0.05, 0.1) is 17.4 Å². The normalized spacial score (nSPS) is 11.9. The van der Waals surface area contributed by atoms with E-state index in [4.69, 9.17) is 4.42 Å². The maximum absolute atomic E-state index is 12.0. The molecule has 0 bridgehead atoms. The number of nitrogens with one attached hydrogen (secondary N) is 1. The fourth-order valence-corrected chi connectivity index (χ4v) is 2.69. The average molecular weight is 278 g/mol. The van der Waals surface area contributed by atoms with E-state index in [1.807, 2.05) is 13.0 Å². The quantitative estimate of drug-likeness (QED) is 0.688. The van der Waals surface area contributed by atoms with Crippen LogP contribution in [-0.4, -0.2) is 14.6 Å². The second kappa shape index (κ2) is 5.27. The van der Waals surface area contributed by atoms with E-state index in [1.54, 1.807) is 31.2 Å². The van der Waals surface area contributed by atoms with Crippen molar-refractivity contribution in [1.82, 2.24) is 4.83 Å². The van der Waals surface area contributed by atoms with Crippen molar-refractivity contribution in [3.63, 3.8) is 0 Å². The smallest absolute Gasteiger partial charge is 0.276 e. The molecule has 0 saturated heterocycles. The van der Waals surface area contributed by atoms with Crippen LogP contribution in [0.3, 0.4) is 0 Å². The number of hydrazone groups is 1. The molecule has 5 nitrogen and oxygen atoms in total. The van der Waals surface area contributed by atoms with Gasteiger partial charge in [0.1, 0.15) is 5.76 Å². The number of hydrogen-bond donors (Lipinski definition) is 1. The van der Waals surface area contributed by atoms with Crippen LogP contribution in [0.25, 0.3) is 0 Å². The zero-order chi connectivity index (χ0) is 13.9. The second-order valence-electron chi connectivity index (χ2n) is 4.14. The first-order valence-corrected chi connectivity index (χ1v) is 7.13. The van der Waals surface area contributed by atoms with Crippen LogP contribution >= 0.6 is 0 Å². The fourth-order valence-electron chi connectivity index (χ4n) is 1.67. The summed E-state index contributed by atoms with van der Waals surface area (Å²) in [6.45, 7) is 3.66. The van der Waals surface area contributed by atoms with Crippen molar-refractivity contribution < 1.29 is 12.8 Å². The maximum atomic E-state index is 12.0. The third-order valence-corrected chi connectivity index (χ3v) is 3.91. The van der Waals surface area contributed by atoms with Gasteiger partial charge in [0.2, 0.25) is 0 Å². The lowest BCUT2D eigenvalue weighted by atomic mass is 10.2. The van der Waals surface area contributed by atoms with Crippen LogP contribution in [0.5, 0.6) is 0 Å². The molecule has 1 aromatic carbocycles. The number of benzene rings is 1. The summed E-state index contributed by atoms with van der Waals surface area (Å²) in [7, 11) is -3.65. The van der Waals surface area contributed by atoms with Gasteiger partial charge in [-0.2, -0.15) is 18.4 Å². The first-order chi connectivity index (χ1) is 8.99. The molecule has 0 saturated carbocycles. The lowest BCUT2D eigenvalue weighted by Gasteiger charge is -2.07. The Morgan fingerprint density at radius 2 is 2.05 bits per heavy atom. The van der Waals surface area contributed by atoms with Crippen LogP contribution in [0, 0.1) is 13.8 Å². The van der Waals surface area contributed by atoms with Gasteiger partial charge in [-0.1, -0.05) is 17.7 Å². The van der Waals surface area contributed by atoms with Crippen LogP contribution in [0.2, 0.25) is 0 Å². The molecule has 0 unspecified atom stereocenters. The van der Waals surface area contributed by atoms with Crippen LogP contribution < -0.4 is 4.83 Å². The number of rotatable bonds is 4. The van der Waals surface area contributed by atoms with E-state index in [0.29, 0.717) is 11.3 Å². The van der Waals surface area contributed by atoms with Crippen LogP contribution in [0.1, 0.15) is 16.9 Å². The first-order valence-electron chi connectivity index (χ1n) is 5.65. The molecule has 2 rings (SSSR count).